The number of halogens is 2. The molecule has 4 nitrogen and oxygen atoms in total. The minimum atomic E-state index is -0.489. The van der Waals surface area contributed by atoms with Gasteiger partial charge in [-0.3, -0.25) is 9.78 Å². The third-order valence-electron chi connectivity index (χ3n) is 6.11. The fraction of sp³-hybridized carbons (Fsp3) is 0.304. The molecular formula is C23H23F2N3O. The molecule has 1 aliphatic rings. The zero-order valence-electron chi connectivity index (χ0n) is 16.2. The molecule has 0 bridgehead atoms. The van der Waals surface area contributed by atoms with Crippen molar-refractivity contribution in [3.63, 3.8) is 0 Å². The Morgan fingerprint density at radius 2 is 1.72 bits per heavy atom. The Hall–Kier alpha value is -3.02. The van der Waals surface area contributed by atoms with Gasteiger partial charge in [0, 0.05) is 30.4 Å². The van der Waals surface area contributed by atoms with Crippen molar-refractivity contribution < 1.29 is 13.6 Å². The molecule has 2 N–H and O–H groups in total. The van der Waals surface area contributed by atoms with Crippen LogP contribution in [0, 0.1) is 17.0 Å². The summed E-state index contributed by atoms with van der Waals surface area (Å²) in [6, 6.07) is 12.5. The SMILES string of the molecule is CC1(C(C(N)=O)c2ccc(F)cc2)CCN(c2ccnc3ccc(F)cc23)CC1. The van der Waals surface area contributed by atoms with Crippen LogP contribution in [0.3, 0.4) is 0 Å². The van der Waals surface area contributed by atoms with Crippen LogP contribution in [0.25, 0.3) is 10.9 Å². The van der Waals surface area contributed by atoms with Crippen molar-refractivity contribution in [1.29, 1.82) is 0 Å². The number of hydrogen-bond donors (Lipinski definition) is 1. The van der Waals surface area contributed by atoms with E-state index in [-0.39, 0.29) is 17.0 Å². The molecule has 29 heavy (non-hydrogen) atoms. The molecule has 2 aromatic carbocycles. The van der Waals surface area contributed by atoms with Crippen molar-refractivity contribution in [3.8, 4) is 0 Å². The van der Waals surface area contributed by atoms with Gasteiger partial charge in [0.2, 0.25) is 5.91 Å². The number of nitrogens with two attached hydrogens (primary N) is 1. The number of aromatic nitrogens is 1. The zero-order valence-corrected chi connectivity index (χ0v) is 16.2. The molecule has 1 aromatic heterocycles. The van der Waals surface area contributed by atoms with Crippen molar-refractivity contribution >= 4 is 22.5 Å². The molecule has 0 aliphatic carbocycles. The second-order valence-electron chi connectivity index (χ2n) is 8.02. The molecule has 0 saturated carbocycles. The quantitative estimate of drug-likeness (QED) is 0.713. The van der Waals surface area contributed by atoms with Crippen LogP contribution in [0.15, 0.2) is 54.7 Å². The fourth-order valence-corrected chi connectivity index (χ4v) is 4.49. The van der Waals surface area contributed by atoms with Gasteiger partial charge in [0.05, 0.1) is 11.4 Å². The number of carbonyl (C=O) groups excluding carboxylic acids is 1. The highest BCUT2D eigenvalue weighted by atomic mass is 19.1. The van der Waals surface area contributed by atoms with Gasteiger partial charge >= 0.3 is 0 Å². The molecule has 1 fully saturated rings. The number of carbonyl (C=O) groups is 1. The summed E-state index contributed by atoms with van der Waals surface area (Å²) in [6.07, 6.45) is 3.20. The smallest absolute Gasteiger partial charge is 0.225 e. The van der Waals surface area contributed by atoms with Gasteiger partial charge in [-0.15, -0.1) is 0 Å². The minimum Gasteiger partial charge on any atom is -0.371 e. The predicted octanol–water partition coefficient (Wildman–Crippen LogP) is 4.39. The monoisotopic (exact) mass is 395 g/mol. The maximum absolute atomic E-state index is 13.8. The molecule has 6 heteroatoms. The fourth-order valence-electron chi connectivity index (χ4n) is 4.49. The Kier molecular flexibility index (Phi) is 4.94. The number of nitrogens with zero attached hydrogens (tertiary/aromatic N) is 2. The summed E-state index contributed by atoms with van der Waals surface area (Å²) in [5, 5.41) is 0.779. The average Bonchev–Trinajstić information content (AvgIpc) is 2.69. The number of piperidine rings is 1. The highest BCUT2D eigenvalue weighted by Crippen LogP contribution is 2.45. The number of hydrogen-bond acceptors (Lipinski definition) is 3. The molecule has 0 spiro atoms. The Morgan fingerprint density at radius 1 is 1.07 bits per heavy atom. The molecule has 1 saturated heterocycles. The first-order chi connectivity index (χ1) is 13.9. The van der Waals surface area contributed by atoms with Gasteiger partial charge in [-0.25, -0.2) is 8.78 Å². The number of anilines is 1. The van der Waals surface area contributed by atoms with Crippen LogP contribution >= 0.6 is 0 Å². The van der Waals surface area contributed by atoms with Gasteiger partial charge in [0.1, 0.15) is 11.6 Å². The summed E-state index contributed by atoms with van der Waals surface area (Å²) in [6.45, 7) is 3.47. The second-order valence-corrected chi connectivity index (χ2v) is 8.02. The van der Waals surface area contributed by atoms with E-state index in [1.54, 1.807) is 24.4 Å². The summed E-state index contributed by atoms with van der Waals surface area (Å²) in [4.78, 5) is 18.8. The molecular weight excluding hydrogens is 372 g/mol. The summed E-state index contributed by atoms with van der Waals surface area (Å²) in [5.41, 5.74) is 7.85. The van der Waals surface area contributed by atoms with Gasteiger partial charge in [0.25, 0.3) is 0 Å². The standard InChI is InChI=1S/C23H23F2N3O/c1-23(21(22(26)29)15-2-4-16(24)5-3-15)9-12-28(13-10-23)20-8-11-27-19-7-6-17(25)14-18(19)20/h2-8,11,14,21H,9-10,12-13H2,1H3,(H2,26,29). The highest BCUT2D eigenvalue weighted by molar-refractivity contribution is 5.91. The van der Waals surface area contributed by atoms with E-state index >= 15 is 0 Å². The third-order valence-corrected chi connectivity index (χ3v) is 6.11. The van der Waals surface area contributed by atoms with E-state index in [0.717, 1.165) is 35.0 Å². The van der Waals surface area contributed by atoms with Crippen molar-refractivity contribution in [1.82, 2.24) is 4.98 Å². The van der Waals surface area contributed by atoms with Crippen LogP contribution < -0.4 is 10.6 Å². The average molecular weight is 395 g/mol. The molecule has 1 aliphatic heterocycles. The van der Waals surface area contributed by atoms with Crippen molar-refractivity contribution in [3.05, 3.63) is 71.9 Å². The lowest BCUT2D eigenvalue weighted by atomic mass is 9.67. The third kappa shape index (κ3) is 3.67. The molecule has 0 radical (unpaired) electrons. The number of rotatable bonds is 4. The van der Waals surface area contributed by atoms with Crippen molar-refractivity contribution in [2.24, 2.45) is 11.1 Å². The van der Waals surface area contributed by atoms with Crippen LogP contribution in [0.4, 0.5) is 14.5 Å². The second kappa shape index (κ2) is 7.43. The van der Waals surface area contributed by atoms with Gasteiger partial charge in [-0.1, -0.05) is 19.1 Å². The van der Waals surface area contributed by atoms with Crippen LogP contribution in [0.2, 0.25) is 0 Å². The lowest BCUT2D eigenvalue weighted by molar-refractivity contribution is -0.122. The van der Waals surface area contributed by atoms with E-state index in [0.29, 0.717) is 13.1 Å². The topological polar surface area (TPSA) is 59.2 Å². The number of benzene rings is 2. The van der Waals surface area contributed by atoms with Crippen LogP contribution in [-0.4, -0.2) is 24.0 Å². The Labute approximate surface area is 168 Å². The zero-order chi connectivity index (χ0) is 20.6. The van der Waals surface area contributed by atoms with E-state index in [2.05, 4.69) is 16.8 Å². The summed E-state index contributed by atoms with van der Waals surface area (Å²) in [7, 11) is 0. The summed E-state index contributed by atoms with van der Waals surface area (Å²) < 4.78 is 27.1. The molecule has 3 aromatic rings. The lowest BCUT2D eigenvalue weighted by Crippen LogP contribution is -2.45. The largest absolute Gasteiger partial charge is 0.371 e. The van der Waals surface area contributed by atoms with Gasteiger partial charge < -0.3 is 10.6 Å². The van der Waals surface area contributed by atoms with E-state index < -0.39 is 11.8 Å². The van der Waals surface area contributed by atoms with Crippen LogP contribution in [-0.2, 0) is 4.79 Å². The van der Waals surface area contributed by atoms with E-state index in [9.17, 15) is 13.6 Å². The van der Waals surface area contributed by atoms with E-state index in [4.69, 9.17) is 5.73 Å². The summed E-state index contributed by atoms with van der Waals surface area (Å²) in [5.74, 6) is -1.52. The maximum atomic E-state index is 13.8. The van der Waals surface area contributed by atoms with Crippen molar-refractivity contribution in [2.75, 3.05) is 18.0 Å². The Bertz CT molecular complexity index is 1040. The first kappa shape index (κ1) is 19.3. The molecule has 150 valence electrons. The van der Waals surface area contributed by atoms with Gasteiger partial charge in [-0.2, -0.15) is 0 Å². The first-order valence-corrected chi connectivity index (χ1v) is 9.71. The molecule has 1 unspecified atom stereocenters. The van der Waals surface area contributed by atoms with Gasteiger partial charge in [-0.05, 0) is 60.2 Å². The minimum absolute atomic E-state index is 0.293. The van der Waals surface area contributed by atoms with Crippen LogP contribution in [0.1, 0.15) is 31.2 Å². The number of primary amides is 1. The Morgan fingerprint density at radius 3 is 2.38 bits per heavy atom. The highest BCUT2D eigenvalue weighted by Gasteiger charge is 2.41. The normalized spacial score (nSPS) is 17.3. The Balaban J connectivity index is 1.60. The molecule has 4 rings (SSSR count). The first-order valence-electron chi connectivity index (χ1n) is 9.71. The lowest BCUT2D eigenvalue weighted by Gasteiger charge is -2.44. The molecule has 1 atom stereocenters. The van der Waals surface area contributed by atoms with Gasteiger partial charge in [0.15, 0.2) is 0 Å². The number of amides is 1. The molecule has 2 heterocycles. The van der Waals surface area contributed by atoms with Crippen molar-refractivity contribution in [2.45, 2.75) is 25.7 Å². The van der Waals surface area contributed by atoms with E-state index in [1.165, 1.54) is 24.3 Å². The van der Waals surface area contributed by atoms with Crippen LogP contribution in [0.5, 0.6) is 0 Å². The predicted molar refractivity (Wildman–Crippen MR) is 110 cm³/mol. The molecule has 1 amide bonds. The maximum Gasteiger partial charge on any atom is 0.225 e. The van der Waals surface area contributed by atoms with E-state index in [1.807, 2.05) is 6.07 Å². The number of pyridine rings is 1. The number of fused-ring (bicyclic) bond motifs is 1. The summed E-state index contributed by atoms with van der Waals surface area (Å²) >= 11 is 0.